The highest BCUT2D eigenvalue weighted by Crippen LogP contribution is 2.28. The van der Waals surface area contributed by atoms with Gasteiger partial charge in [-0.05, 0) is 51.3 Å². The molecule has 1 aliphatic rings. The number of nitrogens with zero attached hydrogens (tertiary/aromatic N) is 1. The molecule has 0 saturated carbocycles. The average molecular weight is 234 g/mol. The summed E-state index contributed by atoms with van der Waals surface area (Å²) in [6.45, 7) is 1.93. The maximum atomic E-state index is 5.54. The van der Waals surface area contributed by atoms with Crippen LogP contribution in [0.1, 0.15) is 23.6 Å². The molecule has 0 radical (unpaired) electrons. The van der Waals surface area contributed by atoms with Gasteiger partial charge in [-0.1, -0.05) is 12.1 Å². The van der Waals surface area contributed by atoms with Gasteiger partial charge in [-0.3, -0.25) is 0 Å². The lowest BCUT2D eigenvalue weighted by Crippen LogP contribution is -2.22. The Labute approximate surface area is 104 Å². The van der Waals surface area contributed by atoms with Crippen molar-refractivity contribution >= 4 is 0 Å². The van der Waals surface area contributed by atoms with Gasteiger partial charge in [-0.25, -0.2) is 0 Å². The van der Waals surface area contributed by atoms with E-state index in [-0.39, 0.29) is 0 Å². The van der Waals surface area contributed by atoms with Crippen LogP contribution in [-0.4, -0.2) is 39.2 Å². The van der Waals surface area contributed by atoms with Crippen LogP contribution in [0.3, 0.4) is 0 Å². The Bertz CT molecular complexity index is 376. The topological polar surface area (TPSA) is 24.5 Å². The molecule has 1 atom stereocenters. The summed E-state index contributed by atoms with van der Waals surface area (Å²) in [5.74, 6) is 1.07. The molecule has 17 heavy (non-hydrogen) atoms. The molecular formula is C14H22N2O. The Hall–Kier alpha value is -1.06. The number of ether oxygens (including phenoxy) is 1. The molecule has 94 valence electrons. The monoisotopic (exact) mass is 234 g/mol. The summed E-state index contributed by atoms with van der Waals surface area (Å²) in [6, 6.07) is 7.01. The van der Waals surface area contributed by atoms with Crippen LogP contribution < -0.4 is 10.1 Å². The molecule has 0 fully saturated rings. The summed E-state index contributed by atoms with van der Waals surface area (Å²) < 4.78 is 5.54. The summed E-state index contributed by atoms with van der Waals surface area (Å²) >= 11 is 0. The zero-order valence-electron chi connectivity index (χ0n) is 11.0. The van der Waals surface area contributed by atoms with E-state index in [1.54, 1.807) is 0 Å². The van der Waals surface area contributed by atoms with Gasteiger partial charge in [0.2, 0.25) is 0 Å². The summed E-state index contributed by atoms with van der Waals surface area (Å²) in [6.07, 6.45) is 2.18. The van der Waals surface area contributed by atoms with Crippen LogP contribution in [0, 0.1) is 0 Å². The van der Waals surface area contributed by atoms with E-state index >= 15 is 0 Å². The number of benzene rings is 1. The summed E-state index contributed by atoms with van der Waals surface area (Å²) in [5, 5.41) is 3.40. The Balaban J connectivity index is 2.08. The molecule has 1 aromatic rings. The summed E-state index contributed by atoms with van der Waals surface area (Å²) in [7, 11) is 6.26. The van der Waals surface area contributed by atoms with Crippen LogP contribution in [0.4, 0.5) is 0 Å². The predicted molar refractivity (Wildman–Crippen MR) is 70.6 cm³/mol. The van der Waals surface area contributed by atoms with Crippen molar-refractivity contribution < 1.29 is 4.74 Å². The third-order valence-corrected chi connectivity index (χ3v) is 3.33. The van der Waals surface area contributed by atoms with Crippen LogP contribution in [0.2, 0.25) is 0 Å². The first-order valence-electron chi connectivity index (χ1n) is 6.28. The number of nitrogens with one attached hydrogen (secondary N) is 1. The minimum absolute atomic E-state index is 0.434. The van der Waals surface area contributed by atoms with Gasteiger partial charge in [0, 0.05) is 12.5 Å². The molecule has 1 aliphatic heterocycles. The maximum absolute atomic E-state index is 5.54. The third-order valence-electron chi connectivity index (χ3n) is 3.33. The van der Waals surface area contributed by atoms with E-state index in [0.717, 1.165) is 31.7 Å². The molecule has 1 N–H and O–H groups in total. The van der Waals surface area contributed by atoms with Crippen molar-refractivity contribution in [3.05, 3.63) is 29.3 Å². The van der Waals surface area contributed by atoms with Gasteiger partial charge in [-0.2, -0.15) is 0 Å². The Morgan fingerprint density at radius 2 is 2.24 bits per heavy atom. The fraction of sp³-hybridized carbons (Fsp3) is 0.571. The molecule has 0 saturated heterocycles. The van der Waals surface area contributed by atoms with Gasteiger partial charge in [0.25, 0.3) is 0 Å². The van der Waals surface area contributed by atoms with Gasteiger partial charge in [-0.15, -0.1) is 0 Å². The first-order valence-corrected chi connectivity index (χ1v) is 6.28. The SMILES string of the molecule is CNC(CCN(C)C)c1ccc2c(c1)CCO2. The molecule has 1 heterocycles. The van der Waals surface area contributed by atoms with E-state index in [2.05, 4.69) is 42.5 Å². The van der Waals surface area contributed by atoms with Gasteiger partial charge < -0.3 is 15.0 Å². The Morgan fingerprint density at radius 1 is 1.41 bits per heavy atom. The Morgan fingerprint density at radius 3 is 2.94 bits per heavy atom. The maximum Gasteiger partial charge on any atom is 0.122 e. The van der Waals surface area contributed by atoms with E-state index in [1.807, 2.05) is 7.05 Å². The number of hydrogen-bond donors (Lipinski definition) is 1. The average Bonchev–Trinajstić information content (AvgIpc) is 2.76. The molecule has 3 heteroatoms. The van der Waals surface area contributed by atoms with Gasteiger partial charge in [0.15, 0.2) is 0 Å². The lowest BCUT2D eigenvalue weighted by Gasteiger charge is -2.19. The van der Waals surface area contributed by atoms with Crippen LogP contribution in [-0.2, 0) is 6.42 Å². The predicted octanol–water partition coefficient (Wildman–Crippen LogP) is 1.83. The zero-order chi connectivity index (χ0) is 12.3. The van der Waals surface area contributed by atoms with Crippen molar-refractivity contribution in [2.75, 3.05) is 34.3 Å². The number of rotatable bonds is 5. The smallest absolute Gasteiger partial charge is 0.122 e. The van der Waals surface area contributed by atoms with Crippen molar-refractivity contribution in [3.63, 3.8) is 0 Å². The minimum Gasteiger partial charge on any atom is -0.493 e. The molecule has 0 amide bonds. The molecular weight excluding hydrogens is 212 g/mol. The second kappa shape index (κ2) is 5.52. The fourth-order valence-corrected chi connectivity index (χ4v) is 2.29. The van der Waals surface area contributed by atoms with E-state index in [1.165, 1.54) is 11.1 Å². The van der Waals surface area contributed by atoms with Gasteiger partial charge in [0.1, 0.15) is 5.75 Å². The molecule has 0 spiro atoms. The van der Waals surface area contributed by atoms with Gasteiger partial charge in [0.05, 0.1) is 6.61 Å². The van der Waals surface area contributed by atoms with Crippen molar-refractivity contribution in [1.82, 2.24) is 10.2 Å². The number of hydrogen-bond acceptors (Lipinski definition) is 3. The van der Waals surface area contributed by atoms with E-state index in [4.69, 9.17) is 4.74 Å². The summed E-state index contributed by atoms with van der Waals surface area (Å²) in [5.41, 5.74) is 2.73. The first kappa shape index (κ1) is 12.4. The minimum atomic E-state index is 0.434. The molecule has 0 aliphatic carbocycles. The highest BCUT2D eigenvalue weighted by atomic mass is 16.5. The largest absolute Gasteiger partial charge is 0.493 e. The molecule has 0 aromatic heterocycles. The molecule has 1 aromatic carbocycles. The molecule has 3 nitrogen and oxygen atoms in total. The summed E-state index contributed by atoms with van der Waals surface area (Å²) in [4.78, 5) is 2.22. The quantitative estimate of drug-likeness (QED) is 0.841. The molecule has 0 bridgehead atoms. The second-order valence-electron chi connectivity index (χ2n) is 4.90. The van der Waals surface area contributed by atoms with Crippen LogP contribution >= 0.6 is 0 Å². The van der Waals surface area contributed by atoms with Crippen LogP contribution in [0.5, 0.6) is 5.75 Å². The van der Waals surface area contributed by atoms with E-state index in [9.17, 15) is 0 Å². The van der Waals surface area contributed by atoms with E-state index in [0.29, 0.717) is 6.04 Å². The Kier molecular flexibility index (Phi) is 4.02. The van der Waals surface area contributed by atoms with Crippen molar-refractivity contribution in [2.24, 2.45) is 0 Å². The van der Waals surface area contributed by atoms with Crippen molar-refractivity contribution in [3.8, 4) is 5.75 Å². The highest BCUT2D eigenvalue weighted by Gasteiger charge is 2.15. The van der Waals surface area contributed by atoms with Crippen molar-refractivity contribution in [1.29, 1.82) is 0 Å². The van der Waals surface area contributed by atoms with Crippen LogP contribution in [0.25, 0.3) is 0 Å². The fourth-order valence-electron chi connectivity index (χ4n) is 2.29. The lowest BCUT2D eigenvalue weighted by molar-refractivity contribution is 0.356. The molecule has 1 unspecified atom stereocenters. The standard InChI is InChI=1S/C14H22N2O/c1-15-13(6-8-16(2)3)11-4-5-14-12(10-11)7-9-17-14/h4-5,10,13,15H,6-9H2,1-3H3. The van der Waals surface area contributed by atoms with E-state index < -0.39 is 0 Å². The third kappa shape index (κ3) is 2.99. The van der Waals surface area contributed by atoms with Crippen molar-refractivity contribution in [2.45, 2.75) is 18.9 Å². The first-order chi connectivity index (χ1) is 8.20. The second-order valence-corrected chi connectivity index (χ2v) is 4.90. The normalized spacial score (nSPS) is 15.8. The molecule has 2 rings (SSSR count). The van der Waals surface area contributed by atoms with Gasteiger partial charge >= 0.3 is 0 Å². The zero-order valence-corrected chi connectivity index (χ0v) is 11.0. The lowest BCUT2D eigenvalue weighted by atomic mass is 10.00. The number of fused-ring (bicyclic) bond motifs is 1. The van der Waals surface area contributed by atoms with Crippen LogP contribution in [0.15, 0.2) is 18.2 Å². The highest BCUT2D eigenvalue weighted by molar-refractivity contribution is 5.40.